The standard InChI is InChI=1S/C7H8.C6H11N3O4/c1-7-5-3-2-4-6-7;7-1-4(10)8-2-5(11)9-3-6(12)13/h2-6H,1H3;1-3,7H2,(H,8,10)(H,9,11)(H,12,13). The predicted octanol–water partition coefficient (Wildman–Crippen LogP) is -0.743. The first-order valence-electron chi connectivity index (χ1n) is 5.92. The van der Waals surface area contributed by atoms with Crippen molar-refractivity contribution in [1.29, 1.82) is 0 Å². The number of aliphatic carboxylic acids is 1. The monoisotopic (exact) mass is 281 g/mol. The summed E-state index contributed by atoms with van der Waals surface area (Å²) in [7, 11) is 0. The van der Waals surface area contributed by atoms with E-state index in [-0.39, 0.29) is 13.1 Å². The minimum Gasteiger partial charge on any atom is -0.480 e. The number of hydrogen-bond donors (Lipinski definition) is 4. The molecule has 0 atom stereocenters. The van der Waals surface area contributed by atoms with Crippen LogP contribution in [0.15, 0.2) is 30.3 Å². The lowest BCUT2D eigenvalue weighted by molar-refractivity contribution is -0.137. The maximum Gasteiger partial charge on any atom is 0.322 e. The summed E-state index contributed by atoms with van der Waals surface area (Å²) in [5, 5.41) is 12.4. The molecular formula is C13H19N3O4. The van der Waals surface area contributed by atoms with Gasteiger partial charge in [-0.05, 0) is 6.92 Å². The van der Waals surface area contributed by atoms with Gasteiger partial charge in [0.15, 0.2) is 0 Å². The molecule has 7 nitrogen and oxygen atoms in total. The second-order valence-corrected chi connectivity index (χ2v) is 3.81. The minimum absolute atomic E-state index is 0.202. The third-order valence-electron chi connectivity index (χ3n) is 2.01. The Morgan fingerprint density at radius 3 is 2.00 bits per heavy atom. The van der Waals surface area contributed by atoms with Crippen LogP contribution >= 0.6 is 0 Å². The fraction of sp³-hybridized carbons (Fsp3) is 0.308. The average Bonchev–Trinajstić information content (AvgIpc) is 2.44. The number of aryl methyl sites for hydroxylation is 1. The van der Waals surface area contributed by atoms with Crippen LogP contribution in [0.4, 0.5) is 0 Å². The van der Waals surface area contributed by atoms with Crippen molar-refractivity contribution in [2.24, 2.45) is 5.73 Å². The molecule has 20 heavy (non-hydrogen) atoms. The normalized spacial score (nSPS) is 8.90. The fourth-order valence-electron chi connectivity index (χ4n) is 1.02. The highest BCUT2D eigenvalue weighted by atomic mass is 16.4. The molecule has 0 aliphatic rings. The van der Waals surface area contributed by atoms with E-state index in [1.165, 1.54) is 5.56 Å². The second-order valence-electron chi connectivity index (χ2n) is 3.81. The van der Waals surface area contributed by atoms with Crippen LogP contribution in [0.3, 0.4) is 0 Å². The van der Waals surface area contributed by atoms with E-state index < -0.39 is 24.3 Å². The molecule has 0 radical (unpaired) electrons. The van der Waals surface area contributed by atoms with Crippen LogP contribution in [0.2, 0.25) is 0 Å². The zero-order valence-electron chi connectivity index (χ0n) is 11.3. The SMILES string of the molecule is Cc1ccccc1.NCC(=O)NCC(=O)NCC(=O)O. The van der Waals surface area contributed by atoms with Crippen molar-refractivity contribution >= 4 is 17.8 Å². The van der Waals surface area contributed by atoms with E-state index in [9.17, 15) is 14.4 Å². The highest BCUT2D eigenvalue weighted by Crippen LogP contribution is 1.92. The van der Waals surface area contributed by atoms with Gasteiger partial charge >= 0.3 is 5.97 Å². The van der Waals surface area contributed by atoms with Gasteiger partial charge in [-0.2, -0.15) is 0 Å². The molecule has 0 fully saturated rings. The molecule has 1 aromatic rings. The Balaban J connectivity index is 0.000000428. The number of carbonyl (C=O) groups is 3. The highest BCUT2D eigenvalue weighted by Gasteiger charge is 2.04. The van der Waals surface area contributed by atoms with Gasteiger partial charge < -0.3 is 21.5 Å². The van der Waals surface area contributed by atoms with E-state index in [0.29, 0.717) is 0 Å². The molecule has 0 saturated heterocycles. The number of hydrogen-bond acceptors (Lipinski definition) is 4. The van der Waals surface area contributed by atoms with Crippen LogP contribution in [0.5, 0.6) is 0 Å². The van der Waals surface area contributed by atoms with Crippen LogP contribution in [0, 0.1) is 6.92 Å². The van der Waals surface area contributed by atoms with Crippen LogP contribution in [-0.2, 0) is 14.4 Å². The average molecular weight is 281 g/mol. The summed E-state index contributed by atoms with van der Waals surface area (Å²) in [5.41, 5.74) is 6.26. The number of carbonyl (C=O) groups excluding carboxylic acids is 2. The second kappa shape index (κ2) is 10.5. The summed E-state index contributed by atoms with van der Waals surface area (Å²) in [5.74, 6) is -2.17. The number of nitrogens with two attached hydrogens (primary N) is 1. The lowest BCUT2D eigenvalue weighted by Gasteiger charge is -2.03. The molecule has 0 aliphatic heterocycles. The summed E-state index contributed by atoms with van der Waals surface area (Å²) in [6.45, 7) is 1.16. The Kier molecular flexibility index (Phi) is 9.24. The lowest BCUT2D eigenvalue weighted by atomic mass is 10.2. The largest absolute Gasteiger partial charge is 0.480 e. The Morgan fingerprint density at radius 2 is 1.60 bits per heavy atom. The lowest BCUT2D eigenvalue weighted by Crippen LogP contribution is -2.40. The fourth-order valence-corrected chi connectivity index (χ4v) is 1.02. The Hall–Kier alpha value is -2.41. The Bertz CT molecular complexity index is 435. The van der Waals surface area contributed by atoms with Gasteiger partial charge in [-0.3, -0.25) is 14.4 Å². The summed E-state index contributed by atoms with van der Waals surface area (Å²) in [6.07, 6.45) is 0. The molecule has 2 amide bonds. The van der Waals surface area contributed by atoms with Gasteiger partial charge in [-0.15, -0.1) is 0 Å². The van der Waals surface area contributed by atoms with Crippen molar-refractivity contribution < 1.29 is 19.5 Å². The molecule has 7 heteroatoms. The van der Waals surface area contributed by atoms with Gasteiger partial charge in [0.2, 0.25) is 11.8 Å². The van der Waals surface area contributed by atoms with E-state index in [2.05, 4.69) is 29.7 Å². The van der Waals surface area contributed by atoms with E-state index in [1.807, 2.05) is 18.2 Å². The molecule has 0 unspecified atom stereocenters. The van der Waals surface area contributed by atoms with Gasteiger partial charge in [0.25, 0.3) is 0 Å². The predicted molar refractivity (Wildman–Crippen MR) is 73.9 cm³/mol. The molecule has 1 rings (SSSR count). The summed E-state index contributed by atoms with van der Waals surface area (Å²) < 4.78 is 0. The maximum atomic E-state index is 10.7. The summed E-state index contributed by atoms with van der Waals surface area (Å²) in [6, 6.07) is 10.3. The third-order valence-corrected chi connectivity index (χ3v) is 2.01. The molecular weight excluding hydrogens is 262 g/mol. The molecule has 0 bridgehead atoms. The van der Waals surface area contributed by atoms with Gasteiger partial charge in [0, 0.05) is 0 Å². The topological polar surface area (TPSA) is 122 Å². The van der Waals surface area contributed by atoms with E-state index >= 15 is 0 Å². The van der Waals surface area contributed by atoms with Crippen LogP contribution in [0.1, 0.15) is 5.56 Å². The van der Waals surface area contributed by atoms with E-state index in [1.54, 1.807) is 0 Å². The number of rotatable bonds is 5. The minimum atomic E-state index is -1.14. The highest BCUT2D eigenvalue weighted by molar-refractivity contribution is 5.87. The molecule has 0 aromatic heterocycles. The first kappa shape index (κ1) is 17.6. The summed E-state index contributed by atoms with van der Waals surface area (Å²) in [4.78, 5) is 31.2. The van der Waals surface area contributed by atoms with Crippen molar-refractivity contribution in [1.82, 2.24) is 10.6 Å². The van der Waals surface area contributed by atoms with E-state index in [4.69, 9.17) is 10.8 Å². The number of nitrogens with one attached hydrogen (secondary N) is 2. The van der Waals surface area contributed by atoms with Gasteiger partial charge in [0.05, 0.1) is 13.1 Å². The number of benzene rings is 1. The van der Waals surface area contributed by atoms with Crippen LogP contribution in [0.25, 0.3) is 0 Å². The van der Waals surface area contributed by atoms with Gasteiger partial charge in [-0.25, -0.2) is 0 Å². The summed E-state index contributed by atoms with van der Waals surface area (Å²) >= 11 is 0. The van der Waals surface area contributed by atoms with Gasteiger partial charge in [0.1, 0.15) is 6.54 Å². The Morgan fingerprint density at radius 1 is 1.05 bits per heavy atom. The molecule has 110 valence electrons. The van der Waals surface area contributed by atoms with Crippen molar-refractivity contribution in [2.45, 2.75) is 6.92 Å². The van der Waals surface area contributed by atoms with Crippen molar-refractivity contribution in [2.75, 3.05) is 19.6 Å². The molecule has 0 heterocycles. The smallest absolute Gasteiger partial charge is 0.322 e. The van der Waals surface area contributed by atoms with Crippen molar-refractivity contribution in [3.8, 4) is 0 Å². The third kappa shape index (κ3) is 10.7. The van der Waals surface area contributed by atoms with Crippen LogP contribution < -0.4 is 16.4 Å². The first-order valence-corrected chi connectivity index (χ1v) is 5.92. The number of amides is 2. The number of carboxylic acids is 1. The molecule has 5 N–H and O–H groups in total. The quantitative estimate of drug-likeness (QED) is 0.566. The van der Waals surface area contributed by atoms with Crippen LogP contribution in [-0.4, -0.2) is 42.5 Å². The van der Waals surface area contributed by atoms with Crippen molar-refractivity contribution in [3.05, 3.63) is 35.9 Å². The zero-order chi connectivity index (χ0) is 15.4. The molecule has 0 aliphatic carbocycles. The maximum absolute atomic E-state index is 10.7. The molecule has 1 aromatic carbocycles. The first-order chi connectivity index (χ1) is 9.45. The number of carboxylic acid groups (broad SMARTS) is 1. The van der Waals surface area contributed by atoms with Gasteiger partial charge in [-0.1, -0.05) is 35.9 Å². The van der Waals surface area contributed by atoms with E-state index in [0.717, 1.165) is 0 Å². The van der Waals surface area contributed by atoms with Crippen molar-refractivity contribution in [3.63, 3.8) is 0 Å². The molecule has 0 spiro atoms. The molecule has 0 saturated carbocycles. The zero-order valence-corrected chi connectivity index (χ0v) is 11.3. The Labute approximate surface area is 117 Å².